The van der Waals surface area contributed by atoms with Crippen molar-refractivity contribution in [2.75, 3.05) is 19.6 Å². The molecule has 1 heterocycles. The molecule has 1 rings (SSSR count). The van der Waals surface area contributed by atoms with Crippen LogP contribution in [0.2, 0.25) is 0 Å². The molecule has 1 aliphatic rings. The van der Waals surface area contributed by atoms with E-state index >= 15 is 0 Å². The molecule has 2 nitrogen and oxygen atoms in total. The van der Waals surface area contributed by atoms with Gasteiger partial charge in [-0.3, -0.25) is 0 Å². The summed E-state index contributed by atoms with van der Waals surface area (Å²) in [6, 6.07) is 0.842. The zero-order valence-electron chi connectivity index (χ0n) is 10.5. The van der Waals surface area contributed by atoms with E-state index in [1.807, 2.05) is 0 Å². The fourth-order valence-electron chi connectivity index (χ4n) is 2.82. The van der Waals surface area contributed by atoms with E-state index in [0.717, 1.165) is 18.5 Å². The van der Waals surface area contributed by atoms with Crippen LogP contribution in [0.25, 0.3) is 0 Å². The molecule has 1 unspecified atom stereocenters. The maximum Gasteiger partial charge on any atom is 0.00925 e. The molecular formula is C13H28N2. The van der Waals surface area contributed by atoms with Gasteiger partial charge in [0.2, 0.25) is 0 Å². The molecule has 0 aliphatic carbocycles. The van der Waals surface area contributed by atoms with Crippen molar-refractivity contribution in [3.8, 4) is 0 Å². The summed E-state index contributed by atoms with van der Waals surface area (Å²) in [4.78, 5) is 2.70. The van der Waals surface area contributed by atoms with E-state index in [-0.39, 0.29) is 0 Å². The second-order valence-corrected chi connectivity index (χ2v) is 4.91. The molecule has 2 N–H and O–H groups in total. The first-order valence-electron chi connectivity index (χ1n) is 6.75. The Bertz CT molecular complexity index is 151. The first-order chi connectivity index (χ1) is 7.31. The van der Waals surface area contributed by atoms with Crippen molar-refractivity contribution in [3.63, 3.8) is 0 Å². The molecule has 0 radical (unpaired) electrons. The topological polar surface area (TPSA) is 29.3 Å². The standard InChI is InChI=1S/C13H28N2/c1-3-5-13(4-2)15-10-7-12(6-9-14)8-11-15/h12-13H,3-11,14H2,1-2H3. The Balaban J connectivity index is 2.28. The lowest BCUT2D eigenvalue weighted by molar-refractivity contribution is 0.120. The van der Waals surface area contributed by atoms with Gasteiger partial charge in [-0.15, -0.1) is 0 Å². The van der Waals surface area contributed by atoms with Crippen LogP contribution in [0.1, 0.15) is 52.4 Å². The molecular weight excluding hydrogens is 184 g/mol. The van der Waals surface area contributed by atoms with Crippen LogP contribution in [-0.4, -0.2) is 30.6 Å². The lowest BCUT2D eigenvalue weighted by atomic mass is 9.92. The number of hydrogen-bond acceptors (Lipinski definition) is 2. The first kappa shape index (κ1) is 13.0. The van der Waals surface area contributed by atoms with Gasteiger partial charge in [0.25, 0.3) is 0 Å². The molecule has 0 spiro atoms. The maximum atomic E-state index is 5.61. The Morgan fingerprint density at radius 1 is 1.27 bits per heavy atom. The third-order valence-electron chi connectivity index (χ3n) is 3.83. The Morgan fingerprint density at radius 3 is 2.40 bits per heavy atom. The summed E-state index contributed by atoms with van der Waals surface area (Å²) in [6.07, 6.45) is 7.99. The highest BCUT2D eigenvalue weighted by molar-refractivity contribution is 4.77. The summed E-state index contributed by atoms with van der Waals surface area (Å²) in [6.45, 7) is 8.11. The largest absolute Gasteiger partial charge is 0.330 e. The molecule has 90 valence electrons. The number of nitrogens with zero attached hydrogens (tertiary/aromatic N) is 1. The molecule has 1 aliphatic heterocycles. The van der Waals surface area contributed by atoms with Crippen molar-refractivity contribution in [2.45, 2.75) is 58.4 Å². The molecule has 2 heteroatoms. The van der Waals surface area contributed by atoms with Crippen LogP contribution in [0.3, 0.4) is 0 Å². The minimum atomic E-state index is 0.842. The van der Waals surface area contributed by atoms with Crippen molar-refractivity contribution in [3.05, 3.63) is 0 Å². The Morgan fingerprint density at radius 2 is 1.93 bits per heavy atom. The molecule has 0 aromatic rings. The van der Waals surface area contributed by atoms with Gasteiger partial charge < -0.3 is 10.6 Å². The number of piperidine rings is 1. The van der Waals surface area contributed by atoms with E-state index in [4.69, 9.17) is 5.73 Å². The van der Waals surface area contributed by atoms with E-state index in [9.17, 15) is 0 Å². The maximum absolute atomic E-state index is 5.61. The van der Waals surface area contributed by atoms with Crippen molar-refractivity contribution in [1.82, 2.24) is 4.90 Å². The molecule has 0 saturated carbocycles. The fraction of sp³-hybridized carbons (Fsp3) is 1.00. The average molecular weight is 212 g/mol. The smallest absolute Gasteiger partial charge is 0.00925 e. The van der Waals surface area contributed by atoms with Gasteiger partial charge in [-0.2, -0.15) is 0 Å². The van der Waals surface area contributed by atoms with Gasteiger partial charge in [-0.1, -0.05) is 20.3 Å². The third-order valence-corrected chi connectivity index (χ3v) is 3.83. The van der Waals surface area contributed by atoms with Crippen LogP contribution in [0.4, 0.5) is 0 Å². The highest BCUT2D eigenvalue weighted by Crippen LogP contribution is 2.23. The van der Waals surface area contributed by atoms with E-state index < -0.39 is 0 Å². The lowest BCUT2D eigenvalue weighted by Crippen LogP contribution is -2.41. The molecule has 0 aromatic heterocycles. The minimum absolute atomic E-state index is 0.842. The zero-order chi connectivity index (χ0) is 11.1. The van der Waals surface area contributed by atoms with Crippen LogP contribution in [-0.2, 0) is 0 Å². The molecule has 0 amide bonds. The summed E-state index contributed by atoms with van der Waals surface area (Å²) in [5.74, 6) is 0.908. The molecule has 0 aromatic carbocycles. The number of nitrogens with two attached hydrogens (primary N) is 1. The molecule has 1 fully saturated rings. The van der Waals surface area contributed by atoms with Crippen LogP contribution in [0.5, 0.6) is 0 Å². The van der Waals surface area contributed by atoms with Crippen molar-refractivity contribution in [2.24, 2.45) is 11.7 Å². The highest BCUT2D eigenvalue weighted by Gasteiger charge is 2.22. The predicted octanol–water partition coefficient (Wildman–Crippen LogP) is 2.63. The van der Waals surface area contributed by atoms with Crippen molar-refractivity contribution in [1.29, 1.82) is 0 Å². The summed E-state index contributed by atoms with van der Waals surface area (Å²) >= 11 is 0. The van der Waals surface area contributed by atoms with Crippen LogP contribution in [0, 0.1) is 5.92 Å². The Labute approximate surface area is 95.2 Å². The van der Waals surface area contributed by atoms with Gasteiger partial charge in [0.05, 0.1) is 0 Å². The summed E-state index contributed by atoms with van der Waals surface area (Å²) < 4.78 is 0. The SMILES string of the molecule is CCCC(CC)N1CCC(CCN)CC1. The number of likely N-dealkylation sites (tertiary alicyclic amines) is 1. The number of hydrogen-bond donors (Lipinski definition) is 1. The monoisotopic (exact) mass is 212 g/mol. The Kier molecular flexibility index (Phi) is 6.26. The second kappa shape index (κ2) is 7.24. The number of rotatable bonds is 6. The van der Waals surface area contributed by atoms with Crippen LogP contribution in [0.15, 0.2) is 0 Å². The van der Waals surface area contributed by atoms with Gasteiger partial charge >= 0.3 is 0 Å². The molecule has 1 saturated heterocycles. The van der Waals surface area contributed by atoms with Gasteiger partial charge in [0.1, 0.15) is 0 Å². The van der Waals surface area contributed by atoms with E-state index in [1.165, 1.54) is 51.6 Å². The van der Waals surface area contributed by atoms with Crippen LogP contribution < -0.4 is 5.73 Å². The minimum Gasteiger partial charge on any atom is -0.330 e. The van der Waals surface area contributed by atoms with Gasteiger partial charge in [-0.25, -0.2) is 0 Å². The second-order valence-electron chi connectivity index (χ2n) is 4.91. The van der Waals surface area contributed by atoms with Gasteiger partial charge in [-0.05, 0) is 57.7 Å². The van der Waals surface area contributed by atoms with Gasteiger partial charge in [0.15, 0.2) is 0 Å². The highest BCUT2D eigenvalue weighted by atomic mass is 15.2. The van der Waals surface area contributed by atoms with Crippen LogP contribution >= 0.6 is 0 Å². The Hall–Kier alpha value is -0.0800. The van der Waals surface area contributed by atoms with Crippen molar-refractivity contribution >= 4 is 0 Å². The molecule has 15 heavy (non-hydrogen) atoms. The fourth-order valence-corrected chi connectivity index (χ4v) is 2.82. The van der Waals surface area contributed by atoms with Crippen molar-refractivity contribution < 1.29 is 0 Å². The van der Waals surface area contributed by atoms with Gasteiger partial charge in [0, 0.05) is 6.04 Å². The molecule has 1 atom stereocenters. The summed E-state index contributed by atoms with van der Waals surface area (Å²) in [5.41, 5.74) is 5.61. The summed E-state index contributed by atoms with van der Waals surface area (Å²) in [5, 5.41) is 0. The molecule has 0 bridgehead atoms. The van der Waals surface area contributed by atoms with E-state index in [0.29, 0.717) is 0 Å². The summed E-state index contributed by atoms with van der Waals surface area (Å²) in [7, 11) is 0. The average Bonchev–Trinajstić information content (AvgIpc) is 2.28. The first-order valence-corrected chi connectivity index (χ1v) is 6.75. The normalized spacial score (nSPS) is 21.8. The zero-order valence-corrected chi connectivity index (χ0v) is 10.5. The quantitative estimate of drug-likeness (QED) is 0.733. The van der Waals surface area contributed by atoms with E-state index in [1.54, 1.807) is 0 Å². The van der Waals surface area contributed by atoms with E-state index in [2.05, 4.69) is 18.7 Å². The lowest BCUT2D eigenvalue weighted by Gasteiger charge is -2.37. The predicted molar refractivity (Wildman–Crippen MR) is 67.0 cm³/mol. The third kappa shape index (κ3) is 4.12.